The van der Waals surface area contributed by atoms with Crippen LogP contribution in [0, 0.1) is 0 Å². The van der Waals surface area contributed by atoms with Gasteiger partial charge in [0.25, 0.3) is 0 Å². The number of hydrogen-bond acceptors (Lipinski definition) is 2. The van der Waals surface area contributed by atoms with Crippen LogP contribution in [0.4, 0.5) is 0 Å². The maximum atomic E-state index is 8.70. The summed E-state index contributed by atoms with van der Waals surface area (Å²) in [5.74, 6) is 0. The van der Waals surface area contributed by atoms with Gasteiger partial charge in [-0.2, -0.15) is 0 Å². The van der Waals surface area contributed by atoms with E-state index in [1.807, 2.05) is 0 Å². The molecule has 0 bridgehead atoms. The summed E-state index contributed by atoms with van der Waals surface area (Å²) in [6.45, 7) is 2.92. The third-order valence-corrected chi connectivity index (χ3v) is 0. The highest BCUT2D eigenvalue weighted by atomic mass is 31.1. The largest absolute Gasteiger partial charge is 0.692 e. The number of aliphatic hydroxyl groups excluding tert-OH is 1. The lowest BCUT2D eigenvalue weighted by Crippen LogP contribution is -1.38. The Morgan fingerprint density at radius 1 is 1.57 bits per heavy atom. The first-order valence-corrected chi connectivity index (χ1v) is 2.41. The topological polar surface area (TPSA) is 77.8 Å². The van der Waals surface area contributed by atoms with Gasteiger partial charge in [-0.1, -0.05) is 6.58 Å². The summed E-state index contributed by atoms with van der Waals surface area (Å²) in [7, 11) is -2.87. The van der Waals surface area contributed by atoms with Crippen molar-refractivity contribution in [2.45, 2.75) is 0 Å². The van der Waals surface area contributed by atoms with Crippen LogP contribution in [-0.4, -0.2) is 14.9 Å². The molecule has 0 aromatic carbocycles. The molecule has 0 spiro atoms. The van der Waals surface area contributed by atoms with Gasteiger partial charge >= 0.3 is 8.25 Å². The molecular formula is C2H6O4P+. The quantitative estimate of drug-likeness (QED) is 0.321. The van der Waals surface area contributed by atoms with Crippen molar-refractivity contribution in [3.63, 3.8) is 0 Å². The SMILES string of the molecule is C=CO.O=[P+](O)O. The number of hydrogen-bond donors (Lipinski definition) is 3. The van der Waals surface area contributed by atoms with Gasteiger partial charge < -0.3 is 5.11 Å². The van der Waals surface area contributed by atoms with Crippen molar-refractivity contribution in [2.75, 3.05) is 0 Å². The van der Waals surface area contributed by atoms with Gasteiger partial charge in [-0.05, 0) is 0 Å². The fraction of sp³-hybridized carbons (Fsp3) is 0. The molecule has 3 N–H and O–H groups in total. The molecule has 0 aliphatic heterocycles. The van der Waals surface area contributed by atoms with E-state index in [2.05, 4.69) is 6.58 Å². The Morgan fingerprint density at radius 2 is 1.57 bits per heavy atom. The zero-order valence-electron chi connectivity index (χ0n) is 3.48. The molecule has 0 fully saturated rings. The molecule has 0 aromatic heterocycles. The summed E-state index contributed by atoms with van der Waals surface area (Å²) in [4.78, 5) is 14.2. The molecular weight excluding hydrogens is 119 g/mol. The smallest absolute Gasteiger partial charge is 0.516 e. The van der Waals surface area contributed by atoms with E-state index in [1.54, 1.807) is 0 Å². The average Bonchev–Trinajstić information content (AvgIpc) is 1.33. The highest BCUT2D eigenvalue weighted by Crippen LogP contribution is 1.98. The van der Waals surface area contributed by atoms with E-state index in [9.17, 15) is 0 Å². The lowest BCUT2D eigenvalue weighted by atomic mass is 11.2. The molecule has 7 heavy (non-hydrogen) atoms. The minimum Gasteiger partial charge on any atom is -0.516 e. The van der Waals surface area contributed by atoms with Gasteiger partial charge in [0.2, 0.25) is 0 Å². The van der Waals surface area contributed by atoms with Gasteiger partial charge in [-0.15, -0.1) is 9.79 Å². The van der Waals surface area contributed by atoms with Crippen LogP contribution in [0.25, 0.3) is 0 Å². The van der Waals surface area contributed by atoms with Crippen LogP contribution in [0.5, 0.6) is 0 Å². The van der Waals surface area contributed by atoms with Crippen molar-refractivity contribution in [3.05, 3.63) is 12.8 Å². The Hall–Kier alpha value is -0.440. The molecule has 0 saturated carbocycles. The first-order valence-electron chi connectivity index (χ1n) is 1.25. The summed E-state index contributed by atoms with van der Waals surface area (Å²) in [6, 6.07) is 0. The summed E-state index contributed by atoms with van der Waals surface area (Å²) in [6.07, 6.45) is 0.750. The van der Waals surface area contributed by atoms with Crippen molar-refractivity contribution >= 4 is 8.25 Å². The maximum Gasteiger partial charge on any atom is 0.692 e. The number of aliphatic hydroxyl groups is 1. The van der Waals surface area contributed by atoms with Crippen molar-refractivity contribution < 1.29 is 19.5 Å². The second-order valence-corrected chi connectivity index (χ2v) is 0.941. The third-order valence-electron chi connectivity index (χ3n) is 0. The highest BCUT2D eigenvalue weighted by Gasteiger charge is 1.93. The molecule has 0 saturated heterocycles. The number of rotatable bonds is 0. The highest BCUT2D eigenvalue weighted by molar-refractivity contribution is 7.30. The van der Waals surface area contributed by atoms with Gasteiger partial charge in [0.05, 0.1) is 6.26 Å². The Bertz CT molecular complexity index is 56.7. The van der Waals surface area contributed by atoms with E-state index in [0.29, 0.717) is 0 Å². The van der Waals surface area contributed by atoms with E-state index >= 15 is 0 Å². The molecule has 0 rings (SSSR count). The standard InChI is InChI=1S/C2H4O.HO3P/c1-2-3;1-4(2)3/h2-3H,1H2;(H-,1,2,3)/p+1. The van der Waals surface area contributed by atoms with E-state index in [1.165, 1.54) is 0 Å². The second-order valence-electron chi connectivity index (χ2n) is 0.435. The molecule has 0 amide bonds. The second kappa shape index (κ2) is 9.12. The monoisotopic (exact) mass is 125 g/mol. The lowest BCUT2D eigenvalue weighted by molar-refractivity contribution is 0.405. The summed E-state index contributed by atoms with van der Waals surface area (Å²) >= 11 is 0. The normalized spacial score (nSPS) is 5.43. The fourth-order valence-corrected chi connectivity index (χ4v) is 0. The van der Waals surface area contributed by atoms with Gasteiger partial charge in [0.1, 0.15) is 0 Å². The lowest BCUT2D eigenvalue weighted by Gasteiger charge is -1.41. The average molecular weight is 125 g/mol. The Morgan fingerprint density at radius 3 is 1.57 bits per heavy atom. The van der Waals surface area contributed by atoms with Crippen LogP contribution in [0.3, 0.4) is 0 Å². The zero-order valence-corrected chi connectivity index (χ0v) is 4.38. The Kier molecular flexibility index (Phi) is 12.7. The molecule has 4 nitrogen and oxygen atoms in total. The Balaban J connectivity index is 0. The van der Waals surface area contributed by atoms with Gasteiger partial charge in [-0.3, -0.25) is 0 Å². The molecule has 0 heterocycles. The molecule has 0 aliphatic rings. The van der Waals surface area contributed by atoms with Crippen LogP contribution in [0.2, 0.25) is 0 Å². The van der Waals surface area contributed by atoms with Crippen LogP contribution >= 0.6 is 8.25 Å². The predicted octanol–water partition coefficient (Wildman–Crippen LogP) is 0.316. The zero-order chi connectivity index (χ0) is 6.28. The third kappa shape index (κ3) is 364. The predicted molar refractivity (Wildman–Crippen MR) is 24.9 cm³/mol. The summed E-state index contributed by atoms with van der Waals surface area (Å²) < 4.78 is 8.70. The van der Waals surface area contributed by atoms with E-state index in [-0.39, 0.29) is 0 Å². The fourth-order valence-electron chi connectivity index (χ4n) is 0. The van der Waals surface area contributed by atoms with E-state index in [4.69, 9.17) is 19.5 Å². The van der Waals surface area contributed by atoms with Crippen LogP contribution in [0.1, 0.15) is 0 Å². The van der Waals surface area contributed by atoms with Crippen LogP contribution in [-0.2, 0) is 4.57 Å². The van der Waals surface area contributed by atoms with E-state index < -0.39 is 8.25 Å². The van der Waals surface area contributed by atoms with Gasteiger partial charge in [-0.25, -0.2) is 0 Å². The molecule has 0 radical (unpaired) electrons. The van der Waals surface area contributed by atoms with Crippen LogP contribution < -0.4 is 0 Å². The van der Waals surface area contributed by atoms with Gasteiger partial charge in [0.15, 0.2) is 0 Å². The first-order chi connectivity index (χ1) is 3.15. The summed E-state index contributed by atoms with van der Waals surface area (Å²) in [5.41, 5.74) is 0. The minimum atomic E-state index is -2.87. The molecule has 0 unspecified atom stereocenters. The van der Waals surface area contributed by atoms with Crippen molar-refractivity contribution in [1.29, 1.82) is 0 Å². The van der Waals surface area contributed by atoms with Crippen molar-refractivity contribution in [2.24, 2.45) is 0 Å². The minimum absolute atomic E-state index is 0.750. The molecule has 5 heteroatoms. The first kappa shape index (κ1) is 9.75. The molecule has 0 aliphatic carbocycles. The Labute approximate surface area is 41.7 Å². The molecule has 42 valence electrons. The van der Waals surface area contributed by atoms with Crippen molar-refractivity contribution in [1.82, 2.24) is 0 Å². The van der Waals surface area contributed by atoms with E-state index in [0.717, 1.165) is 6.26 Å². The van der Waals surface area contributed by atoms with Crippen molar-refractivity contribution in [3.8, 4) is 0 Å². The van der Waals surface area contributed by atoms with Gasteiger partial charge in [0, 0.05) is 4.57 Å². The summed E-state index contributed by atoms with van der Waals surface area (Å²) in [5, 5.41) is 7.33. The van der Waals surface area contributed by atoms with Crippen LogP contribution in [0.15, 0.2) is 12.8 Å². The maximum absolute atomic E-state index is 8.70. The molecule has 0 atom stereocenters. The molecule has 0 aromatic rings.